The summed E-state index contributed by atoms with van der Waals surface area (Å²) in [7, 11) is 1.44. The lowest BCUT2D eigenvalue weighted by molar-refractivity contribution is -0.385. The molecule has 1 aliphatic carbocycles. The molecule has 0 aliphatic heterocycles. The Bertz CT molecular complexity index is 769. The fraction of sp³-hybridized carbons (Fsp3) is 0.609. The number of aryl methyl sites for hydroxylation is 1. The number of hydrogen-bond acceptors (Lipinski definition) is 6. The molecule has 0 heterocycles. The fourth-order valence-corrected chi connectivity index (χ4v) is 4.00. The number of rotatable bonds is 12. The molecular formula is C23H34N2O5. The molecule has 0 saturated heterocycles. The molecule has 1 aliphatic rings. The molecule has 0 amide bonds. The number of methoxy groups -OCH3 is 1. The summed E-state index contributed by atoms with van der Waals surface area (Å²) >= 11 is 0. The molecular weight excluding hydrogens is 384 g/mol. The van der Waals surface area contributed by atoms with Crippen molar-refractivity contribution in [2.75, 3.05) is 13.7 Å². The Morgan fingerprint density at radius 2 is 2.00 bits per heavy atom. The van der Waals surface area contributed by atoms with Crippen molar-refractivity contribution >= 4 is 11.5 Å². The van der Waals surface area contributed by atoms with Gasteiger partial charge in [0.25, 0.3) is 5.69 Å². The first-order valence-electron chi connectivity index (χ1n) is 10.6. The summed E-state index contributed by atoms with van der Waals surface area (Å²) in [4.78, 5) is 23.5. The summed E-state index contributed by atoms with van der Waals surface area (Å²) in [6, 6.07) is 2.51. The van der Waals surface area contributed by atoms with Gasteiger partial charge in [-0.15, -0.1) is 0 Å². The number of nitro groups is 1. The van der Waals surface area contributed by atoms with Crippen molar-refractivity contribution in [1.29, 1.82) is 0 Å². The molecule has 0 spiro atoms. The van der Waals surface area contributed by atoms with E-state index in [1.165, 1.54) is 32.1 Å². The number of nitrogens with zero attached hydrogens (tertiary/aromatic N) is 1. The summed E-state index contributed by atoms with van der Waals surface area (Å²) in [5.74, 6) is 1.85. The number of ether oxygens (including phenoxy) is 2. The first-order valence-corrected chi connectivity index (χ1v) is 10.6. The van der Waals surface area contributed by atoms with E-state index in [-0.39, 0.29) is 24.1 Å². The van der Waals surface area contributed by atoms with Crippen LogP contribution in [0.3, 0.4) is 0 Å². The van der Waals surface area contributed by atoms with Gasteiger partial charge in [-0.05, 0) is 25.2 Å². The molecule has 1 aromatic carbocycles. The van der Waals surface area contributed by atoms with Crippen LogP contribution in [0.15, 0.2) is 24.4 Å². The first kappa shape index (κ1) is 23.7. The van der Waals surface area contributed by atoms with Crippen molar-refractivity contribution in [3.63, 3.8) is 0 Å². The van der Waals surface area contributed by atoms with Gasteiger partial charge in [-0.3, -0.25) is 14.9 Å². The number of nitro benzene ring substituents is 1. The summed E-state index contributed by atoms with van der Waals surface area (Å²) in [6.45, 7) is 10.1. The first-order chi connectivity index (χ1) is 14.2. The smallest absolute Gasteiger partial charge is 0.273 e. The van der Waals surface area contributed by atoms with Gasteiger partial charge >= 0.3 is 0 Å². The number of carbonyl (C=O) groups is 1. The molecule has 30 heavy (non-hydrogen) atoms. The van der Waals surface area contributed by atoms with E-state index in [0.717, 1.165) is 19.3 Å². The molecule has 1 atom stereocenters. The Hall–Kier alpha value is -2.57. The monoisotopic (exact) mass is 418 g/mol. The van der Waals surface area contributed by atoms with Crippen LogP contribution >= 0.6 is 0 Å². The van der Waals surface area contributed by atoms with Gasteiger partial charge in [0.2, 0.25) is 0 Å². The fourth-order valence-electron chi connectivity index (χ4n) is 4.00. The van der Waals surface area contributed by atoms with Crippen molar-refractivity contribution in [2.45, 2.75) is 65.3 Å². The van der Waals surface area contributed by atoms with Gasteiger partial charge in [-0.2, -0.15) is 0 Å². The SMILES string of the molecule is C=C(COc1c(C)cc([N+](=O)[O-])cc1OC)NC(CC(C)C)C(=O)CC1CCCC1. The van der Waals surface area contributed by atoms with Crippen LogP contribution in [0, 0.1) is 28.9 Å². The van der Waals surface area contributed by atoms with E-state index in [2.05, 4.69) is 25.7 Å². The van der Waals surface area contributed by atoms with E-state index >= 15 is 0 Å². The highest BCUT2D eigenvalue weighted by atomic mass is 16.6. The average Bonchev–Trinajstić information content (AvgIpc) is 3.18. The maximum absolute atomic E-state index is 12.9. The molecule has 7 nitrogen and oxygen atoms in total. The van der Waals surface area contributed by atoms with Crippen LogP contribution in [0.4, 0.5) is 5.69 Å². The highest BCUT2D eigenvalue weighted by molar-refractivity contribution is 5.84. The molecule has 0 radical (unpaired) electrons. The normalized spacial score (nSPS) is 15.1. The molecule has 0 bridgehead atoms. The van der Waals surface area contributed by atoms with E-state index in [4.69, 9.17) is 9.47 Å². The lowest BCUT2D eigenvalue weighted by Gasteiger charge is -2.23. The second kappa shape index (κ2) is 11.0. The van der Waals surface area contributed by atoms with Gasteiger partial charge in [0.05, 0.1) is 24.1 Å². The Labute approximate surface area is 179 Å². The van der Waals surface area contributed by atoms with Crippen LogP contribution in [0.2, 0.25) is 0 Å². The second-order valence-electron chi connectivity index (χ2n) is 8.59. The van der Waals surface area contributed by atoms with Crippen molar-refractivity contribution < 1.29 is 19.2 Å². The Morgan fingerprint density at radius 1 is 1.33 bits per heavy atom. The van der Waals surface area contributed by atoms with Gasteiger partial charge in [0.15, 0.2) is 17.3 Å². The minimum atomic E-state index is -0.466. The van der Waals surface area contributed by atoms with Gasteiger partial charge in [0, 0.05) is 23.7 Å². The van der Waals surface area contributed by atoms with Crippen LogP contribution in [0.5, 0.6) is 11.5 Å². The molecule has 7 heteroatoms. The van der Waals surface area contributed by atoms with Crippen molar-refractivity contribution in [3.05, 3.63) is 40.1 Å². The van der Waals surface area contributed by atoms with Crippen molar-refractivity contribution in [3.8, 4) is 11.5 Å². The van der Waals surface area contributed by atoms with Gasteiger partial charge in [-0.1, -0.05) is 46.1 Å². The Balaban J connectivity index is 2.01. The molecule has 1 N–H and O–H groups in total. The highest BCUT2D eigenvalue weighted by Crippen LogP contribution is 2.35. The van der Waals surface area contributed by atoms with E-state index in [9.17, 15) is 14.9 Å². The molecule has 1 fully saturated rings. The van der Waals surface area contributed by atoms with E-state index in [0.29, 0.717) is 41.0 Å². The number of hydrogen-bond donors (Lipinski definition) is 1. The Morgan fingerprint density at radius 3 is 2.57 bits per heavy atom. The predicted molar refractivity (Wildman–Crippen MR) is 117 cm³/mol. The van der Waals surface area contributed by atoms with E-state index < -0.39 is 4.92 Å². The summed E-state index contributed by atoms with van der Waals surface area (Å²) < 4.78 is 11.1. The second-order valence-corrected chi connectivity index (χ2v) is 8.59. The van der Waals surface area contributed by atoms with Crippen molar-refractivity contribution in [2.24, 2.45) is 11.8 Å². The zero-order valence-electron chi connectivity index (χ0n) is 18.5. The zero-order valence-corrected chi connectivity index (χ0v) is 18.5. The molecule has 1 saturated carbocycles. The summed E-state index contributed by atoms with van der Waals surface area (Å²) in [5.41, 5.74) is 1.15. The topological polar surface area (TPSA) is 90.7 Å². The maximum atomic E-state index is 12.9. The predicted octanol–water partition coefficient (Wildman–Crippen LogP) is 4.96. The molecule has 2 rings (SSSR count). The van der Waals surface area contributed by atoms with Crippen LogP contribution in [-0.2, 0) is 4.79 Å². The standard InChI is InChI=1S/C23H34N2O5/c1-15(2)10-20(21(26)12-18-8-6-7-9-18)24-17(4)14-30-23-16(3)11-19(25(27)28)13-22(23)29-5/h11,13,15,18,20,24H,4,6-10,12,14H2,1-3,5H3. The van der Waals surface area contributed by atoms with Gasteiger partial charge < -0.3 is 14.8 Å². The number of nitrogens with one attached hydrogen (secondary N) is 1. The molecule has 1 aromatic rings. The Kier molecular flexibility index (Phi) is 8.69. The lowest BCUT2D eigenvalue weighted by Crippen LogP contribution is -2.39. The average molecular weight is 419 g/mol. The number of carbonyl (C=O) groups excluding carboxylic acids is 1. The lowest BCUT2D eigenvalue weighted by atomic mass is 9.92. The molecule has 166 valence electrons. The van der Waals surface area contributed by atoms with Crippen LogP contribution in [0.1, 0.15) is 57.9 Å². The third-order valence-corrected chi connectivity index (χ3v) is 5.49. The number of ketones is 1. The van der Waals surface area contributed by atoms with E-state index in [1.807, 2.05) is 0 Å². The quantitative estimate of drug-likeness (QED) is 0.381. The van der Waals surface area contributed by atoms with Crippen molar-refractivity contribution in [1.82, 2.24) is 5.32 Å². The number of non-ortho nitro benzene ring substituents is 1. The van der Waals surface area contributed by atoms with Gasteiger partial charge in [0.1, 0.15) is 6.61 Å². The largest absolute Gasteiger partial charge is 0.493 e. The minimum Gasteiger partial charge on any atom is -0.493 e. The van der Waals surface area contributed by atoms with Gasteiger partial charge in [-0.25, -0.2) is 0 Å². The summed E-state index contributed by atoms with van der Waals surface area (Å²) in [6.07, 6.45) is 6.08. The van der Waals surface area contributed by atoms with Crippen LogP contribution in [0.25, 0.3) is 0 Å². The third kappa shape index (κ3) is 6.75. The number of Topliss-reactive ketones (excluding diaryl/α,β-unsaturated/α-hetero) is 1. The molecule has 0 aromatic heterocycles. The van der Waals surface area contributed by atoms with Crippen LogP contribution in [-0.4, -0.2) is 30.5 Å². The highest BCUT2D eigenvalue weighted by Gasteiger charge is 2.25. The maximum Gasteiger partial charge on any atom is 0.273 e. The minimum absolute atomic E-state index is 0.0526. The van der Waals surface area contributed by atoms with E-state index in [1.54, 1.807) is 6.92 Å². The number of benzene rings is 1. The summed E-state index contributed by atoms with van der Waals surface area (Å²) in [5, 5.41) is 14.3. The van der Waals surface area contributed by atoms with Crippen LogP contribution < -0.4 is 14.8 Å². The third-order valence-electron chi connectivity index (χ3n) is 5.49. The zero-order chi connectivity index (χ0) is 22.3. The molecule has 1 unspecified atom stereocenters.